The van der Waals surface area contributed by atoms with Crippen LogP contribution in [-0.2, 0) is 13.0 Å². The fourth-order valence-electron chi connectivity index (χ4n) is 1.31. The van der Waals surface area contributed by atoms with Crippen LogP contribution in [0.2, 0.25) is 0 Å². The Morgan fingerprint density at radius 2 is 2.21 bits per heavy atom. The van der Waals surface area contributed by atoms with Crippen LogP contribution in [0.4, 0.5) is 0 Å². The van der Waals surface area contributed by atoms with E-state index in [0.29, 0.717) is 5.92 Å². The Kier molecular flexibility index (Phi) is 4.07. The van der Waals surface area contributed by atoms with Gasteiger partial charge in [0.05, 0.1) is 5.69 Å². The van der Waals surface area contributed by atoms with Crippen LogP contribution in [0.3, 0.4) is 0 Å². The lowest BCUT2D eigenvalue weighted by Gasteiger charge is -2.04. The summed E-state index contributed by atoms with van der Waals surface area (Å²) in [4.78, 5) is 0. The van der Waals surface area contributed by atoms with Crippen LogP contribution in [0, 0.1) is 5.92 Å². The van der Waals surface area contributed by atoms with Crippen LogP contribution < -0.4 is 5.73 Å². The van der Waals surface area contributed by atoms with Gasteiger partial charge in [-0.3, -0.25) is 4.68 Å². The molecule has 4 nitrogen and oxygen atoms in total. The molecule has 1 unspecified atom stereocenters. The molecule has 1 rings (SSSR count). The van der Waals surface area contributed by atoms with Crippen LogP contribution in [0.25, 0.3) is 0 Å². The number of nitrogens with zero attached hydrogens (tertiary/aromatic N) is 3. The molecule has 0 bridgehead atoms. The molecular weight excluding hydrogens is 176 g/mol. The van der Waals surface area contributed by atoms with Gasteiger partial charge >= 0.3 is 0 Å². The molecule has 0 saturated carbocycles. The molecule has 0 aromatic carbocycles. The maximum absolute atomic E-state index is 5.84. The lowest BCUT2D eigenvalue weighted by molar-refractivity contribution is 0.472. The maximum Gasteiger partial charge on any atom is 0.0842 e. The second-order valence-corrected chi connectivity index (χ2v) is 4.20. The zero-order valence-corrected chi connectivity index (χ0v) is 9.27. The number of rotatable bonds is 5. The largest absolute Gasteiger partial charge is 0.327 e. The quantitative estimate of drug-likeness (QED) is 0.770. The summed E-state index contributed by atoms with van der Waals surface area (Å²) in [6.45, 7) is 7.34. The molecule has 0 saturated heterocycles. The van der Waals surface area contributed by atoms with Gasteiger partial charge in [0.15, 0.2) is 0 Å². The molecule has 0 aliphatic carbocycles. The third-order valence-electron chi connectivity index (χ3n) is 2.13. The monoisotopic (exact) mass is 196 g/mol. The maximum atomic E-state index is 5.84. The number of hydrogen-bond donors (Lipinski definition) is 1. The normalized spacial score (nSPS) is 13.5. The standard InChI is InChI=1S/C10H20N4/c1-4-9(11)5-10-7-14(13-12-10)6-8(2)3/h7-9H,4-6,11H2,1-3H3. The van der Waals surface area contributed by atoms with Crippen molar-refractivity contribution < 1.29 is 0 Å². The molecule has 0 fully saturated rings. The summed E-state index contributed by atoms with van der Waals surface area (Å²) in [6.07, 6.45) is 3.81. The van der Waals surface area contributed by atoms with Gasteiger partial charge in [-0.05, 0) is 12.3 Å². The molecule has 1 atom stereocenters. The minimum atomic E-state index is 0.208. The van der Waals surface area contributed by atoms with Crippen LogP contribution in [0.5, 0.6) is 0 Å². The Morgan fingerprint density at radius 3 is 2.79 bits per heavy atom. The summed E-state index contributed by atoms with van der Waals surface area (Å²) >= 11 is 0. The molecule has 14 heavy (non-hydrogen) atoms. The Morgan fingerprint density at radius 1 is 1.50 bits per heavy atom. The molecule has 1 aromatic heterocycles. The van der Waals surface area contributed by atoms with E-state index in [0.717, 1.165) is 25.1 Å². The second kappa shape index (κ2) is 5.10. The van der Waals surface area contributed by atoms with Crippen molar-refractivity contribution in [2.75, 3.05) is 0 Å². The van der Waals surface area contributed by atoms with Gasteiger partial charge in [0, 0.05) is 25.2 Å². The van der Waals surface area contributed by atoms with Crippen molar-refractivity contribution in [3.63, 3.8) is 0 Å². The highest BCUT2D eigenvalue weighted by molar-refractivity contribution is 4.95. The van der Waals surface area contributed by atoms with Crippen molar-refractivity contribution in [3.8, 4) is 0 Å². The van der Waals surface area contributed by atoms with E-state index in [1.807, 2.05) is 10.9 Å². The average Bonchev–Trinajstić information content (AvgIpc) is 2.51. The van der Waals surface area contributed by atoms with Gasteiger partial charge in [0.1, 0.15) is 0 Å². The van der Waals surface area contributed by atoms with Crippen LogP contribution in [0.15, 0.2) is 6.20 Å². The van der Waals surface area contributed by atoms with Crippen molar-refractivity contribution in [1.82, 2.24) is 15.0 Å². The third kappa shape index (κ3) is 3.46. The first-order valence-electron chi connectivity index (χ1n) is 5.26. The number of hydrogen-bond acceptors (Lipinski definition) is 3. The smallest absolute Gasteiger partial charge is 0.0842 e. The average molecular weight is 196 g/mol. The fraction of sp³-hybridized carbons (Fsp3) is 0.800. The summed E-state index contributed by atoms with van der Waals surface area (Å²) in [6, 6.07) is 0.208. The van der Waals surface area contributed by atoms with Gasteiger partial charge in [0.2, 0.25) is 0 Å². The predicted molar refractivity (Wildman–Crippen MR) is 56.8 cm³/mol. The van der Waals surface area contributed by atoms with E-state index in [2.05, 4.69) is 31.1 Å². The summed E-state index contributed by atoms with van der Waals surface area (Å²) < 4.78 is 1.89. The fourth-order valence-corrected chi connectivity index (χ4v) is 1.31. The molecule has 2 N–H and O–H groups in total. The summed E-state index contributed by atoms with van der Waals surface area (Å²) in [5.41, 5.74) is 6.84. The summed E-state index contributed by atoms with van der Waals surface area (Å²) in [5.74, 6) is 0.601. The molecule has 1 aromatic rings. The molecule has 0 radical (unpaired) electrons. The topological polar surface area (TPSA) is 56.7 Å². The lowest BCUT2D eigenvalue weighted by atomic mass is 10.1. The zero-order valence-electron chi connectivity index (χ0n) is 9.27. The van der Waals surface area contributed by atoms with Crippen molar-refractivity contribution in [1.29, 1.82) is 0 Å². The van der Waals surface area contributed by atoms with Crippen molar-refractivity contribution in [2.45, 2.75) is 46.2 Å². The van der Waals surface area contributed by atoms with Gasteiger partial charge in [-0.25, -0.2) is 0 Å². The third-order valence-corrected chi connectivity index (χ3v) is 2.13. The van der Waals surface area contributed by atoms with E-state index in [1.165, 1.54) is 0 Å². The summed E-state index contributed by atoms with van der Waals surface area (Å²) in [5, 5.41) is 8.14. The molecule has 80 valence electrons. The molecule has 0 aliphatic heterocycles. The highest BCUT2D eigenvalue weighted by atomic mass is 15.4. The van der Waals surface area contributed by atoms with E-state index < -0.39 is 0 Å². The minimum Gasteiger partial charge on any atom is -0.327 e. The highest BCUT2D eigenvalue weighted by Crippen LogP contribution is 2.02. The molecule has 0 spiro atoms. The summed E-state index contributed by atoms with van der Waals surface area (Å²) in [7, 11) is 0. The highest BCUT2D eigenvalue weighted by Gasteiger charge is 2.06. The lowest BCUT2D eigenvalue weighted by Crippen LogP contribution is -2.21. The van der Waals surface area contributed by atoms with E-state index in [9.17, 15) is 0 Å². The van der Waals surface area contributed by atoms with Crippen LogP contribution in [-0.4, -0.2) is 21.0 Å². The molecule has 1 heterocycles. The molecule has 4 heteroatoms. The molecule has 0 amide bonds. The van der Waals surface area contributed by atoms with Gasteiger partial charge < -0.3 is 5.73 Å². The van der Waals surface area contributed by atoms with E-state index in [4.69, 9.17) is 5.73 Å². The van der Waals surface area contributed by atoms with E-state index >= 15 is 0 Å². The molecular formula is C10H20N4. The van der Waals surface area contributed by atoms with Gasteiger partial charge in [0.25, 0.3) is 0 Å². The van der Waals surface area contributed by atoms with Gasteiger partial charge in [-0.1, -0.05) is 26.0 Å². The first-order chi connectivity index (χ1) is 6.61. The van der Waals surface area contributed by atoms with Crippen molar-refractivity contribution in [2.24, 2.45) is 11.7 Å². The Labute approximate surface area is 85.5 Å². The van der Waals surface area contributed by atoms with E-state index in [-0.39, 0.29) is 6.04 Å². The first kappa shape index (κ1) is 11.2. The van der Waals surface area contributed by atoms with E-state index in [1.54, 1.807) is 0 Å². The predicted octanol–water partition coefficient (Wildman–Crippen LogP) is 1.21. The number of aromatic nitrogens is 3. The van der Waals surface area contributed by atoms with Gasteiger partial charge in [-0.15, -0.1) is 5.10 Å². The Balaban J connectivity index is 2.50. The Hall–Kier alpha value is -0.900. The SMILES string of the molecule is CCC(N)Cc1cn(CC(C)C)nn1. The van der Waals surface area contributed by atoms with Gasteiger partial charge in [-0.2, -0.15) is 0 Å². The minimum absolute atomic E-state index is 0.208. The van der Waals surface area contributed by atoms with Crippen LogP contribution in [0.1, 0.15) is 32.9 Å². The van der Waals surface area contributed by atoms with Crippen LogP contribution >= 0.6 is 0 Å². The zero-order chi connectivity index (χ0) is 10.6. The van der Waals surface area contributed by atoms with Crippen molar-refractivity contribution >= 4 is 0 Å². The molecule has 0 aliphatic rings. The first-order valence-corrected chi connectivity index (χ1v) is 5.26. The number of nitrogens with two attached hydrogens (primary N) is 1. The second-order valence-electron chi connectivity index (χ2n) is 4.20. The van der Waals surface area contributed by atoms with Crippen molar-refractivity contribution in [3.05, 3.63) is 11.9 Å². The Bertz CT molecular complexity index is 267.